The number of likely N-dealkylation sites (N-methyl/N-ethyl adjacent to an activating group) is 1. The highest BCUT2D eigenvalue weighted by atomic mass is 32.2. The van der Waals surface area contributed by atoms with Gasteiger partial charge in [-0.15, -0.1) is 0 Å². The van der Waals surface area contributed by atoms with Crippen molar-refractivity contribution in [3.8, 4) is 11.1 Å². The van der Waals surface area contributed by atoms with Crippen LogP contribution < -0.4 is 15.5 Å². The molecule has 2 aliphatic rings. The number of anilines is 3. The van der Waals surface area contributed by atoms with E-state index in [2.05, 4.69) is 9.97 Å². The molecule has 1 saturated heterocycles. The summed E-state index contributed by atoms with van der Waals surface area (Å²) < 4.78 is 110. The molecule has 5 rings (SSSR count). The van der Waals surface area contributed by atoms with Gasteiger partial charge in [-0.2, -0.15) is 30.6 Å². The van der Waals surface area contributed by atoms with E-state index in [-0.39, 0.29) is 66.2 Å². The van der Waals surface area contributed by atoms with Crippen molar-refractivity contribution in [2.75, 3.05) is 48.8 Å². The number of halogens is 6. The minimum atomic E-state index is -6.13. The minimum absolute atomic E-state index is 0.0179. The predicted octanol–water partition coefficient (Wildman–Crippen LogP) is 3.07. The van der Waals surface area contributed by atoms with Crippen LogP contribution >= 0.6 is 0 Å². The third kappa shape index (κ3) is 5.14. The van der Waals surface area contributed by atoms with E-state index in [9.17, 15) is 44.7 Å². The number of nitrogens with two attached hydrogens (primary N) is 1. The molecule has 230 valence electrons. The van der Waals surface area contributed by atoms with Gasteiger partial charge in [-0.1, -0.05) is 6.07 Å². The van der Waals surface area contributed by atoms with E-state index in [1.54, 1.807) is 0 Å². The molecule has 17 heteroatoms. The Kier molecular flexibility index (Phi) is 7.33. The van der Waals surface area contributed by atoms with Crippen molar-refractivity contribution in [1.29, 1.82) is 0 Å². The van der Waals surface area contributed by atoms with Gasteiger partial charge >= 0.3 is 12.4 Å². The molecule has 3 N–H and O–H groups in total. The maximum Gasteiger partial charge on any atom is 0.430 e. The van der Waals surface area contributed by atoms with Crippen molar-refractivity contribution in [1.82, 2.24) is 14.3 Å². The number of rotatable bonds is 5. The zero-order valence-electron chi connectivity index (χ0n) is 22.3. The second-order valence-electron chi connectivity index (χ2n) is 10.1. The van der Waals surface area contributed by atoms with Crippen LogP contribution in [0, 0.1) is 0 Å². The number of hydrogen-bond acceptors (Lipinski definition) is 8. The number of carbonyl (C=O) groups is 1. The van der Waals surface area contributed by atoms with Crippen molar-refractivity contribution in [3.63, 3.8) is 0 Å². The molecule has 1 aromatic carbocycles. The van der Waals surface area contributed by atoms with Crippen molar-refractivity contribution < 1.29 is 44.7 Å². The molecule has 3 aromatic rings. The standard InChI is InChI=1S/C26H24F6N6O4S/c1-36-20-4-2-15(10-16(20)11-22(36)39)19-12-17(24(40,25(27,28)29)26(30,31)32)13-35-23(19)37-6-8-38(9-7-37)43(41,42)18-3-5-21(33)34-14-18/h2-5,10,12-14,40H,6-9,11H2,1H3,(H2,33,34). The Hall–Kier alpha value is -3.96. The molecule has 0 atom stereocenters. The molecule has 4 heterocycles. The molecule has 10 nitrogen and oxygen atoms in total. The lowest BCUT2D eigenvalue weighted by molar-refractivity contribution is -0.376. The number of carbonyl (C=O) groups excluding carboxylic acids is 1. The molecule has 0 unspecified atom stereocenters. The molecular weight excluding hydrogens is 606 g/mol. The van der Waals surface area contributed by atoms with Crippen LogP contribution in [0.3, 0.4) is 0 Å². The smallest absolute Gasteiger partial charge is 0.384 e. The molecular formula is C26H24F6N6O4S. The number of fused-ring (bicyclic) bond motifs is 1. The van der Waals surface area contributed by atoms with Gasteiger partial charge < -0.3 is 20.6 Å². The number of alkyl halides is 6. The Balaban J connectivity index is 1.55. The maximum atomic E-state index is 13.7. The number of piperazine rings is 1. The van der Waals surface area contributed by atoms with E-state index in [0.717, 1.165) is 10.5 Å². The van der Waals surface area contributed by atoms with Crippen LogP contribution in [0.1, 0.15) is 11.1 Å². The summed E-state index contributed by atoms with van der Waals surface area (Å²) in [4.78, 5) is 22.7. The van der Waals surface area contributed by atoms with E-state index in [0.29, 0.717) is 23.5 Å². The molecule has 43 heavy (non-hydrogen) atoms. The fourth-order valence-corrected chi connectivity index (χ4v) is 6.45. The Morgan fingerprint density at radius 2 is 1.56 bits per heavy atom. The van der Waals surface area contributed by atoms with Crippen LogP contribution in [0.2, 0.25) is 0 Å². The van der Waals surface area contributed by atoms with E-state index in [1.165, 1.54) is 47.2 Å². The number of hydrogen-bond donors (Lipinski definition) is 2. The summed E-state index contributed by atoms with van der Waals surface area (Å²) in [5.41, 5.74) is -0.228. The second kappa shape index (κ2) is 10.3. The lowest BCUT2D eigenvalue weighted by Gasteiger charge is -2.36. The average molecular weight is 631 g/mol. The third-order valence-electron chi connectivity index (χ3n) is 7.51. The Bertz CT molecular complexity index is 1660. The predicted molar refractivity (Wildman–Crippen MR) is 142 cm³/mol. The molecule has 1 fully saturated rings. The van der Waals surface area contributed by atoms with Gasteiger partial charge in [-0.3, -0.25) is 4.79 Å². The van der Waals surface area contributed by atoms with Crippen LogP contribution in [0.15, 0.2) is 53.7 Å². The Morgan fingerprint density at radius 3 is 2.14 bits per heavy atom. The molecule has 0 bridgehead atoms. The first-order valence-electron chi connectivity index (χ1n) is 12.7. The summed E-state index contributed by atoms with van der Waals surface area (Å²) >= 11 is 0. The summed E-state index contributed by atoms with van der Waals surface area (Å²) in [7, 11) is -2.44. The molecule has 0 aliphatic carbocycles. The van der Waals surface area contributed by atoms with Crippen LogP contribution in [0.25, 0.3) is 11.1 Å². The molecule has 2 aliphatic heterocycles. The average Bonchev–Trinajstić information content (AvgIpc) is 3.23. The monoisotopic (exact) mass is 630 g/mol. The number of nitrogen functional groups attached to an aromatic ring is 1. The van der Waals surface area contributed by atoms with E-state index < -0.39 is 33.5 Å². The summed E-state index contributed by atoms with van der Waals surface area (Å²) in [5.74, 6) is -0.160. The van der Waals surface area contributed by atoms with Gasteiger partial charge in [0.15, 0.2) is 0 Å². The lowest BCUT2D eigenvalue weighted by atomic mass is 9.90. The van der Waals surface area contributed by atoms with Crippen LogP contribution in [0.5, 0.6) is 0 Å². The van der Waals surface area contributed by atoms with Gasteiger partial charge in [0.25, 0.3) is 5.60 Å². The molecule has 1 amide bonds. The van der Waals surface area contributed by atoms with Gasteiger partial charge in [0.05, 0.1) is 6.42 Å². The number of aromatic nitrogens is 2. The first-order valence-corrected chi connectivity index (χ1v) is 14.1. The summed E-state index contributed by atoms with van der Waals surface area (Å²) in [6, 6.07) is 7.60. The number of amides is 1. The zero-order chi connectivity index (χ0) is 31.5. The maximum absolute atomic E-state index is 13.7. The van der Waals surface area contributed by atoms with E-state index in [1.807, 2.05) is 0 Å². The summed E-state index contributed by atoms with van der Waals surface area (Å²) in [6.07, 6.45) is -10.9. The quantitative estimate of drug-likeness (QED) is 0.412. The number of nitrogens with zero attached hydrogens (tertiary/aromatic N) is 5. The van der Waals surface area contributed by atoms with E-state index in [4.69, 9.17) is 5.73 Å². The first kappa shape index (κ1) is 30.5. The van der Waals surface area contributed by atoms with Crippen molar-refractivity contribution in [2.24, 2.45) is 0 Å². The van der Waals surface area contributed by atoms with Crippen molar-refractivity contribution in [3.05, 3.63) is 59.9 Å². The summed E-state index contributed by atoms with van der Waals surface area (Å²) in [6.45, 7) is -0.214. The van der Waals surface area contributed by atoms with E-state index >= 15 is 0 Å². The summed E-state index contributed by atoms with van der Waals surface area (Å²) in [5, 5.41) is 10.1. The molecule has 2 aromatic heterocycles. The van der Waals surface area contributed by atoms with Gasteiger partial charge in [-0.25, -0.2) is 18.4 Å². The highest BCUT2D eigenvalue weighted by Gasteiger charge is 2.71. The van der Waals surface area contributed by atoms with Crippen LogP contribution in [-0.4, -0.2) is 79.3 Å². The fourth-order valence-electron chi connectivity index (χ4n) is 5.08. The molecule has 0 spiro atoms. The first-order chi connectivity index (χ1) is 19.9. The lowest BCUT2D eigenvalue weighted by Crippen LogP contribution is -2.54. The number of aliphatic hydroxyl groups is 1. The van der Waals surface area contributed by atoms with Gasteiger partial charge in [0.1, 0.15) is 16.5 Å². The third-order valence-corrected chi connectivity index (χ3v) is 9.39. The Morgan fingerprint density at radius 1 is 0.907 bits per heavy atom. The fraction of sp³-hybridized carbons (Fsp3) is 0.346. The highest BCUT2D eigenvalue weighted by molar-refractivity contribution is 7.89. The van der Waals surface area contributed by atoms with Crippen molar-refractivity contribution >= 4 is 33.3 Å². The number of sulfonamides is 1. The largest absolute Gasteiger partial charge is 0.430 e. The molecule has 0 radical (unpaired) electrons. The second-order valence-corrected chi connectivity index (χ2v) is 12.0. The number of benzene rings is 1. The SMILES string of the molecule is CN1C(=O)Cc2cc(-c3cc(C(O)(C(F)(F)F)C(F)(F)F)cnc3N3CCN(S(=O)(=O)c4ccc(N)nc4)CC3)ccc21. The highest BCUT2D eigenvalue weighted by Crippen LogP contribution is 2.51. The van der Waals surface area contributed by atoms with Crippen LogP contribution in [0.4, 0.5) is 43.7 Å². The van der Waals surface area contributed by atoms with Crippen molar-refractivity contribution in [2.45, 2.75) is 29.3 Å². The van der Waals surface area contributed by atoms with Gasteiger partial charge in [0, 0.05) is 62.4 Å². The normalized spacial score (nSPS) is 17.0. The Labute approximate surface area is 241 Å². The molecule has 0 saturated carbocycles. The van der Waals surface area contributed by atoms with Gasteiger partial charge in [0.2, 0.25) is 15.9 Å². The number of pyridine rings is 2. The van der Waals surface area contributed by atoms with Crippen LogP contribution in [-0.2, 0) is 26.8 Å². The zero-order valence-corrected chi connectivity index (χ0v) is 23.1. The van der Waals surface area contributed by atoms with Gasteiger partial charge in [-0.05, 0) is 41.5 Å². The topological polar surface area (TPSA) is 133 Å². The minimum Gasteiger partial charge on any atom is -0.384 e.